The van der Waals surface area contributed by atoms with Gasteiger partial charge in [0.05, 0.1) is 0 Å². The average molecular weight is 278 g/mol. The highest BCUT2D eigenvalue weighted by atomic mass is 16.5. The molecule has 5 heteroatoms. The van der Waals surface area contributed by atoms with E-state index in [-0.39, 0.29) is 0 Å². The highest BCUT2D eigenvalue weighted by Gasteiger charge is 2.04. The first-order valence-corrected chi connectivity index (χ1v) is 6.48. The standard InChI is InChI=1S/C16H14N4O/c17-20-15-9-10-18-16(19-15)12-5-4-8-14(11-12)21-13-6-2-1-3-7-13/h1-11H,17H2,(H,18,19,20). The van der Waals surface area contributed by atoms with Crippen molar-refractivity contribution in [2.75, 3.05) is 5.43 Å². The van der Waals surface area contributed by atoms with Crippen molar-refractivity contribution in [1.82, 2.24) is 9.97 Å². The SMILES string of the molecule is NNc1ccnc(-c2cccc(Oc3ccccc3)c2)n1. The maximum atomic E-state index is 5.80. The number of nitrogens with one attached hydrogen (secondary N) is 1. The summed E-state index contributed by atoms with van der Waals surface area (Å²) in [5.74, 6) is 8.03. The van der Waals surface area contributed by atoms with E-state index in [4.69, 9.17) is 10.6 Å². The maximum absolute atomic E-state index is 5.80. The lowest BCUT2D eigenvalue weighted by Gasteiger charge is -2.07. The van der Waals surface area contributed by atoms with Crippen LogP contribution in [0.4, 0.5) is 5.82 Å². The number of nitrogens with two attached hydrogens (primary N) is 1. The predicted molar refractivity (Wildman–Crippen MR) is 81.8 cm³/mol. The van der Waals surface area contributed by atoms with Crippen LogP contribution in [0, 0.1) is 0 Å². The Bertz CT molecular complexity index is 731. The van der Waals surface area contributed by atoms with Crippen molar-refractivity contribution in [3.8, 4) is 22.9 Å². The van der Waals surface area contributed by atoms with Gasteiger partial charge in [-0.1, -0.05) is 30.3 Å². The molecule has 0 aliphatic carbocycles. The van der Waals surface area contributed by atoms with Gasteiger partial charge in [0.15, 0.2) is 5.82 Å². The molecule has 3 rings (SSSR count). The summed E-state index contributed by atoms with van der Waals surface area (Å²) in [6, 6.07) is 18.9. The topological polar surface area (TPSA) is 73.1 Å². The molecule has 0 atom stereocenters. The first kappa shape index (κ1) is 13.1. The molecular formula is C16H14N4O. The van der Waals surface area contributed by atoms with Crippen molar-refractivity contribution in [3.05, 3.63) is 66.9 Å². The Hall–Kier alpha value is -2.92. The number of nitrogens with zero attached hydrogens (tertiary/aromatic N) is 2. The summed E-state index contributed by atoms with van der Waals surface area (Å²) in [4.78, 5) is 8.55. The van der Waals surface area contributed by atoms with E-state index in [1.54, 1.807) is 12.3 Å². The Labute approximate surface area is 122 Å². The maximum Gasteiger partial charge on any atom is 0.161 e. The predicted octanol–water partition coefficient (Wildman–Crippen LogP) is 3.22. The Balaban J connectivity index is 1.89. The molecule has 0 spiro atoms. The third-order valence-corrected chi connectivity index (χ3v) is 2.87. The molecule has 3 N–H and O–H groups in total. The molecule has 0 radical (unpaired) electrons. The molecule has 3 aromatic rings. The van der Waals surface area contributed by atoms with E-state index in [2.05, 4.69) is 15.4 Å². The van der Waals surface area contributed by atoms with Crippen molar-refractivity contribution in [2.24, 2.45) is 5.84 Å². The second-order valence-electron chi connectivity index (χ2n) is 4.35. The molecule has 0 saturated heterocycles. The van der Waals surface area contributed by atoms with Crippen molar-refractivity contribution >= 4 is 5.82 Å². The fourth-order valence-corrected chi connectivity index (χ4v) is 1.90. The normalized spacial score (nSPS) is 10.1. The minimum atomic E-state index is 0.564. The summed E-state index contributed by atoms with van der Waals surface area (Å²) in [7, 11) is 0. The van der Waals surface area contributed by atoms with Crippen molar-refractivity contribution in [3.63, 3.8) is 0 Å². The van der Waals surface area contributed by atoms with Gasteiger partial charge < -0.3 is 10.2 Å². The van der Waals surface area contributed by atoms with E-state index >= 15 is 0 Å². The molecule has 0 saturated carbocycles. The zero-order valence-corrected chi connectivity index (χ0v) is 11.2. The smallest absolute Gasteiger partial charge is 0.161 e. The number of aromatic nitrogens is 2. The van der Waals surface area contributed by atoms with Crippen LogP contribution in [0.5, 0.6) is 11.5 Å². The number of hydrogen-bond acceptors (Lipinski definition) is 5. The molecule has 2 aromatic carbocycles. The fourth-order valence-electron chi connectivity index (χ4n) is 1.90. The van der Waals surface area contributed by atoms with Gasteiger partial charge >= 0.3 is 0 Å². The highest BCUT2D eigenvalue weighted by Crippen LogP contribution is 2.25. The Morgan fingerprint density at radius 1 is 0.905 bits per heavy atom. The quantitative estimate of drug-likeness (QED) is 0.566. The lowest BCUT2D eigenvalue weighted by atomic mass is 10.2. The van der Waals surface area contributed by atoms with Crippen LogP contribution in [0.1, 0.15) is 0 Å². The molecule has 0 aliphatic heterocycles. The lowest BCUT2D eigenvalue weighted by molar-refractivity contribution is 0.483. The second kappa shape index (κ2) is 6.02. The lowest BCUT2D eigenvalue weighted by Crippen LogP contribution is -2.09. The van der Waals surface area contributed by atoms with Crippen LogP contribution >= 0.6 is 0 Å². The molecule has 0 unspecified atom stereocenters. The van der Waals surface area contributed by atoms with Crippen LogP contribution in [0.15, 0.2) is 66.9 Å². The number of hydrazine groups is 1. The van der Waals surface area contributed by atoms with Crippen LogP contribution in [-0.4, -0.2) is 9.97 Å². The Morgan fingerprint density at radius 2 is 1.71 bits per heavy atom. The van der Waals surface area contributed by atoms with E-state index in [1.807, 2.05) is 54.6 Å². The molecule has 0 bridgehead atoms. The molecule has 21 heavy (non-hydrogen) atoms. The molecule has 0 aliphatic rings. The van der Waals surface area contributed by atoms with Crippen LogP contribution in [0.3, 0.4) is 0 Å². The minimum absolute atomic E-state index is 0.564. The molecule has 1 heterocycles. The number of nitrogen functional groups attached to an aromatic ring is 1. The number of para-hydroxylation sites is 1. The molecule has 1 aromatic heterocycles. The molecule has 104 valence electrons. The van der Waals surface area contributed by atoms with Gasteiger partial charge in [0, 0.05) is 17.8 Å². The van der Waals surface area contributed by atoms with Crippen molar-refractivity contribution in [1.29, 1.82) is 0 Å². The molecule has 0 fully saturated rings. The van der Waals surface area contributed by atoms with Gasteiger partial charge in [-0.15, -0.1) is 0 Å². The summed E-state index contributed by atoms with van der Waals surface area (Å²) < 4.78 is 5.80. The average Bonchev–Trinajstić information content (AvgIpc) is 2.56. The van der Waals surface area contributed by atoms with Gasteiger partial charge in [-0.25, -0.2) is 15.8 Å². The number of ether oxygens (including phenoxy) is 1. The summed E-state index contributed by atoms with van der Waals surface area (Å²) in [5, 5.41) is 0. The third-order valence-electron chi connectivity index (χ3n) is 2.87. The molecule has 0 amide bonds. The van der Waals surface area contributed by atoms with Crippen LogP contribution < -0.4 is 16.0 Å². The number of benzene rings is 2. The summed E-state index contributed by atoms with van der Waals surface area (Å²) in [6.45, 7) is 0. The van der Waals surface area contributed by atoms with E-state index in [9.17, 15) is 0 Å². The summed E-state index contributed by atoms with van der Waals surface area (Å²) >= 11 is 0. The van der Waals surface area contributed by atoms with Crippen LogP contribution in [-0.2, 0) is 0 Å². The van der Waals surface area contributed by atoms with E-state index < -0.39 is 0 Å². The molecular weight excluding hydrogens is 264 g/mol. The van der Waals surface area contributed by atoms with Gasteiger partial charge in [0.25, 0.3) is 0 Å². The van der Waals surface area contributed by atoms with Gasteiger partial charge in [-0.05, 0) is 24.3 Å². The monoisotopic (exact) mass is 278 g/mol. The van der Waals surface area contributed by atoms with Crippen LogP contribution in [0.2, 0.25) is 0 Å². The largest absolute Gasteiger partial charge is 0.457 e. The fraction of sp³-hybridized carbons (Fsp3) is 0. The van der Waals surface area contributed by atoms with Crippen molar-refractivity contribution in [2.45, 2.75) is 0 Å². The number of rotatable bonds is 4. The van der Waals surface area contributed by atoms with E-state index in [0.717, 1.165) is 17.1 Å². The number of hydrogen-bond donors (Lipinski definition) is 2. The first-order valence-electron chi connectivity index (χ1n) is 6.48. The molecule has 5 nitrogen and oxygen atoms in total. The first-order chi connectivity index (χ1) is 10.3. The summed E-state index contributed by atoms with van der Waals surface area (Å²) in [5.41, 5.74) is 3.37. The highest BCUT2D eigenvalue weighted by molar-refractivity contribution is 5.59. The summed E-state index contributed by atoms with van der Waals surface area (Å²) in [6.07, 6.45) is 1.66. The zero-order chi connectivity index (χ0) is 14.5. The third kappa shape index (κ3) is 3.16. The number of anilines is 1. The van der Waals surface area contributed by atoms with Crippen molar-refractivity contribution < 1.29 is 4.74 Å². The Kier molecular flexibility index (Phi) is 3.75. The zero-order valence-electron chi connectivity index (χ0n) is 11.2. The van der Waals surface area contributed by atoms with Gasteiger partial charge in [0.1, 0.15) is 17.3 Å². The van der Waals surface area contributed by atoms with E-state index in [0.29, 0.717) is 11.6 Å². The van der Waals surface area contributed by atoms with Crippen LogP contribution in [0.25, 0.3) is 11.4 Å². The minimum Gasteiger partial charge on any atom is -0.457 e. The van der Waals surface area contributed by atoms with Gasteiger partial charge in [-0.2, -0.15) is 0 Å². The van der Waals surface area contributed by atoms with E-state index in [1.165, 1.54) is 0 Å². The second-order valence-corrected chi connectivity index (χ2v) is 4.35. The van der Waals surface area contributed by atoms with Gasteiger partial charge in [0.2, 0.25) is 0 Å². The Morgan fingerprint density at radius 3 is 2.52 bits per heavy atom. The van der Waals surface area contributed by atoms with Gasteiger partial charge in [-0.3, -0.25) is 0 Å².